The van der Waals surface area contributed by atoms with E-state index in [1.165, 1.54) is 12.1 Å². The van der Waals surface area contributed by atoms with Crippen molar-refractivity contribution < 1.29 is 13.6 Å². The number of pyridine rings is 1. The van der Waals surface area contributed by atoms with Gasteiger partial charge in [0.25, 0.3) is 0 Å². The van der Waals surface area contributed by atoms with Crippen LogP contribution in [0.5, 0.6) is 0 Å². The van der Waals surface area contributed by atoms with Crippen LogP contribution >= 0.6 is 0 Å². The van der Waals surface area contributed by atoms with Gasteiger partial charge >= 0.3 is 0 Å². The van der Waals surface area contributed by atoms with Crippen LogP contribution in [0.3, 0.4) is 0 Å². The second-order valence-corrected chi connectivity index (χ2v) is 7.54. The number of furan rings is 1. The molecule has 0 aliphatic heterocycles. The number of rotatable bonds is 5. The van der Waals surface area contributed by atoms with Gasteiger partial charge in [-0.15, -0.1) is 0 Å². The smallest absolute Gasteiger partial charge is 0.220 e. The van der Waals surface area contributed by atoms with Crippen LogP contribution in [0, 0.1) is 11.7 Å². The zero-order chi connectivity index (χ0) is 19.3. The summed E-state index contributed by atoms with van der Waals surface area (Å²) in [5.74, 6) is 1.97. The van der Waals surface area contributed by atoms with Gasteiger partial charge in [-0.2, -0.15) is 0 Å². The number of halogens is 1. The number of aromatic nitrogens is 2. The number of amides is 1. The fraction of sp³-hybridized carbons (Fsp3) is 0.273. The van der Waals surface area contributed by atoms with Crippen molar-refractivity contribution in [3.05, 3.63) is 72.3 Å². The topological polar surface area (TPSA) is 59.5 Å². The predicted octanol–water partition coefficient (Wildman–Crippen LogP) is 4.59. The third-order valence-electron chi connectivity index (χ3n) is 5.47. The van der Waals surface area contributed by atoms with Crippen LogP contribution in [0.25, 0.3) is 16.5 Å². The lowest BCUT2D eigenvalue weighted by atomic mass is 10.2. The van der Waals surface area contributed by atoms with Crippen LogP contribution in [-0.4, -0.2) is 15.3 Å². The van der Waals surface area contributed by atoms with E-state index in [0.717, 1.165) is 17.8 Å². The molecule has 0 saturated heterocycles. The molecule has 0 bridgehead atoms. The summed E-state index contributed by atoms with van der Waals surface area (Å²) in [6.45, 7) is 1.87. The Morgan fingerprint density at radius 1 is 1.36 bits per heavy atom. The maximum atomic E-state index is 13.3. The van der Waals surface area contributed by atoms with E-state index in [0.29, 0.717) is 35.0 Å². The molecule has 1 N–H and O–H groups in total. The van der Waals surface area contributed by atoms with Gasteiger partial charge in [-0.3, -0.25) is 4.79 Å². The van der Waals surface area contributed by atoms with E-state index in [9.17, 15) is 9.18 Å². The fourth-order valence-electron chi connectivity index (χ4n) is 3.89. The van der Waals surface area contributed by atoms with Crippen LogP contribution in [0.4, 0.5) is 4.39 Å². The molecule has 0 unspecified atom stereocenters. The summed E-state index contributed by atoms with van der Waals surface area (Å²) in [5.41, 5.74) is 1.69. The third kappa shape index (κ3) is 3.05. The Hall–Kier alpha value is -3.15. The summed E-state index contributed by atoms with van der Waals surface area (Å²) >= 11 is 0. The van der Waals surface area contributed by atoms with Crippen molar-refractivity contribution in [1.29, 1.82) is 0 Å². The first-order valence-electron chi connectivity index (χ1n) is 9.49. The minimum atomic E-state index is -0.303. The number of hydrogen-bond acceptors (Lipinski definition) is 3. The molecular formula is C22H20FN3O2. The van der Waals surface area contributed by atoms with Gasteiger partial charge in [0.1, 0.15) is 23.0 Å². The fourth-order valence-corrected chi connectivity index (χ4v) is 3.89. The molecule has 6 heteroatoms. The SMILES string of the molecule is C[C@@H](NC(=O)C[C@@H]1C[C@@H]1c1ncc2ccccn12)c1cc2cc(F)ccc2o1. The lowest BCUT2D eigenvalue weighted by Gasteiger charge is -2.11. The second kappa shape index (κ2) is 6.48. The molecular weight excluding hydrogens is 357 g/mol. The van der Waals surface area contributed by atoms with Crippen molar-refractivity contribution in [2.75, 3.05) is 0 Å². The third-order valence-corrected chi connectivity index (χ3v) is 5.47. The molecule has 1 aliphatic rings. The average Bonchev–Trinajstić information content (AvgIpc) is 3.12. The monoisotopic (exact) mass is 377 g/mol. The largest absolute Gasteiger partial charge is 0.459 e. The number of nitrogens with one attached hydrogen (secondary N) is 1. The number of nitrogens with zero attached hydrogens (tertiary/aromatic N) is 2. The van der Waals surface area contributed by atoms with Crippen LogP contribution in [0.2, 0.25) is 0 Å². The van der Waals surface area contributed by atoms with Crippen LogP contribution in [-0.2, 0) is 4.79 Å². The highest BCUT2D eigenvalue weighted by Gasteiger charge is 2.42. The zero-order valence-corrected chi connectivity index (χ0v) is 15.4. The van der Waals surface area contributed by atoms with E-state index in [4.69, 9.17) is 4.42 Å². The molecule has 0 spiro atoms. The molecule has 3 heterocycles. The van der Waals surface area contributed by atoms with Gasteiger partial charge in [-0.05, 0) is 55.7 Å². The minimum absolute atomic E-state index is 0.00695. The van der Waals surface area contributed by atoms with E-state index in [1.54, 1.807) is 12.1 Å². The van der Waals surface area contributed by atoms with Gasteiger partial charge < -0.3 is 14.1 Å². The highest BCUT2D eigenvalue weighted by atomic mass is 19.1. The Bertz CT molecular complexity index is 1180. The highest BCUT2D eigenvalue weighted by Crippen LogP contribution is 2.49. The Balaban J connectivity index is 1.22. The first-order valence-corrected chi connectivity index (χ1v) is 9.49. The van der Waals surface area contributed by atoms with Crippen molar-refractivity contribution in [2.24, 2.45) is 5.92 Å². The molecule has 1 aliphatic carbocycles. The summed E-state index contributed by atoms with van der Waals surface area (Å²) in [7, 11) is 0. The molecule has 1 fully saturated rings. The number of fused-ring (bicyclic) bond motifs is 2. The molecule has 142 valence electrons. The van der Waals surface area contributed by atoms with Gasteiger partial charge in [0, 0.05) is 23.9 Å². The van der Waals surface area contributed by atoms with E-state index in [-0.39, 0.29) is 17.8 Å². The number of benzene rings is 1. The Kier molecular flexibility index (Phi) is 3.93. The summed E-state index contributed by atoms with van der Waals surface area (Å²) < 4.78 is 21.2. The quantitative estimate of drug-likeness (QED) is 0.553. The molecule has 4 aromatic rings. The zero-order valence-electron chi connectivity index (χ0n) is 15.4. The number of carbonyl (C=O) groups is 1. The summed E-state index contributed by atoms with van der Waals surface area (Å²) in [4.78, 5) is 17.0. The van der Waals surface area contributed by atoms with Crippen molar-refractivity contribution in [1.82, 2.24) is 14.7 Å². The van der Waals surface area contributed by atoms with Gasteiger partial charge in [-0.1, -0.05) is 6.07 Å². The van der Waals surface area contributed by atoms with Crippen molar-refractivity contribution in [3.8, 4) is 0 Å². The lowest BCUT2D eigenvalue weighted by Crippen LogP contribution is -2.26. The van der Waals surface area contributed by atoms with Crippen molar-refractivity contribution >= 4 is 22.4 Å². The van der Waals surface area contributed by atoms with Gasteiger partial charge in [0.05, 0.1) is 17.8 Å². The predicted molar refractivity (Wildman–Crippen MR) is 103 cm³/mol. The number of imidazole rings is 1. The van der Waals surface area contributed by atoms with Gasteiger partial charge in [0.15, 0.2) is 0 Å². The van der Waals surface area contributed by atoms with Crippen LogP contribution in [0.1, 0.15) is 43.3 Å². The first kappa shape index (κ1) is 17.0. The Morgan fingerprint density at radius 2 is 2.25 bits per heavy atom. The minimum Gasteiger partial charge on any atom is -0.459 e. The van der Waals surface area contributed by atoms with Gasteiger partial charge in [0.2, 0.25) is 5.91 Å². The molecule has 3 aromatic heterocycles. The number of hydrogen-bond donors (Lipinski definition) is 1. The van der Waals surface area contributed by atoms with E-state index in [1.807, 2.05) is 37.5 Å². The summed E-state index contributed by atoms with van der Waals surface area (Å²) in [6, 6.07) is 11.9. The van der Waals surface area contributed by atoms with Gasteiger partial charge in [-0.25, -0.2) is 9.37 Å². The van der Waals surface area contributed by atoms with Crippen LogP contribution in [0.15, 0.2) is 59.3 Å². The normalized spacial score (nSPS) is 19.8. The summed E-state index contributed by atoms with van der Waals surface area (Å²) in [5, 5.41) is 3.69. The molecule has 1 aromatic carbocycles. The van der Waals surface area contributed by atoms with E-state index >= 15 is 0 Å². The Morgan fingerprint density at radius 3 is 3.14 bits per heavy atom. The molecule has 3 atom stereocenters. The van der Waals surface area contributed by atoms with E-state index in [2.05, 4.69) is 14.7 Å². The molecule has 28 heavy (non-hydrogen) atoms. The molecule has 5 rings (SSSR count). The summed E-state index contributed by atoms with van der Waals surface area (Å²) in [6.07, 6.45) is 5.32. The van der Waals surface area contributed by atoms with Crippen molar-refractivity contribution in [3.63, 3.8) is 0 Å². The molecule has 5 nitrogen and oxygen atoms in total. The lowest BCUT2D eigenvalue weighted by molar-refractivity contribution is -0.122. The van der Waals surface area contributed by atoms with E-state index < -0.39 is 0 Å². The van der Waals surface area contributed by atoms with Crippen molar-refractivity contribution in [2.45, 2.75) is 31.7 Å². The molecule has 1 amide bonds. The molecule has 0 radical (unpaired) electrons. The average molecular weight is 377 g/mol. The maximum absolute atomic E-state index is 13.3. The maximum Gasteiger partial charge on any atom is 0.220 e. The highest BCUT2D eigenvalue weighted by molar-refractivity contribution is 5.79. The van der Waals surface area contributed by atoms with Crippen LogP contribution < -0.4 is 5.32 Å². The first-order chi connectivity index (χ1) is 13.6. The second-order valence-electron chi connectivity index (χ2n) is 7.54. The molecule has 1 saturated carbocycles. The standard InChI is InChI=1S/C22H20FN3O2/c1-13(20-10-15-8-16(23)5-6-19(15)28-20)25-21(27)11-14-9-18(14)22-24-12-17-4-2-3-7-26(17)22/h2-8,10,12-14,18H,9,11H2,1H3,(H,25,27)/t13-,14+,18+/m1/s1. The number of carbonyl (C=O) groups excluding carboxylic acids is 1. The Labute approximate surface area is 161 Å².